The number of hydrogen-bond acceptors (Lipinski definition) is 2. The van der Waals surface area contributed by atoms with Crippen LogP contribution in [0.4, 0.5) is 0 Å². The molecule has 4 aliphatic rings. The third kappa shape index (κ3) is 0.534. The fourth-order valence-electron chi connectivity index (χ4n) is 5.50. The average Bonchev–Trinajstić information content (AvgIpc) is 2.43. The second-order valence-electron chi connectivity index (χ2n) is 6.13. The van der Waals surface area contributed by atoms with Gasteiger partial charge in [0.15, 0.2) is 0 Å². The van der Waals surface area contributed by atoms with Crippen molar-refractivity contribution in [1.29, 1.82) is 0 Å². The molecule has 4 fully saturated rings. The second kappa shape index (κ2) is 1.95. The zero-order valence-electron chi connectivity index (χ0n) is 8.33. The second-order valence-corrected chi connectivity index (χ2v) is 6.13. The summed E-state index contributed by atoms with van der Waals surface area (Å²) < 4.78 is 0. The molecule has 0 amide bonds. The molecule has 4 rings (SSSR count). The Labute approximate surface area is 83.7 Å². The minimum atomic E-state index is 0.0779. The maximum Gasteiger partial charge on any atom is 0.142 e. The summed E-state index contributed by atoms with van der Waals surface area (Å²) in [5, 5.41) is 9.55. The van der Waals surface area contributed by atoms with Crippen LogP contribution in [0, 0.1) is 28.6 Å². The van der Waals surface area contributed by atoms with Gasteiger partial charge in [0.1, 0.15) is 5.78 Å². The third-order valence-corrected chi connectivity index (χ3v) is 5.79. The van der Waals surface area contributed by atoms with Gasteiger partial charge in [0, 0.05) is 17.9 Å². The van der Waals surface area contributed by atoms with Gasteiger partial charge in [-0.15, -0.1) is 0 Å². The van der Waals surface area contributed by atoms with Crippen LogP contribution in [0.1, 0.15) is 32.1 Å². The van der Waals surface area contributed by atoms with Crippen LogP contribution in [-0.2, 0) is 4.79 Å². The number of aliphatic hydroxyl groups excluding tert-OH is 1. The van der Waals surface area contributed by atoms with Crippen LogP contribution in [0.5, 0.6) is 0 Å². The predicted molar refractivity (Wildman–Crippen MR) is 50.5 cm³/mol. The van der Waals surface area contributed by atoms with Crippen molar-refractivity contribution in [3.63, 3.8) is 0 Å². The molecular weight excluding hydrogens is 176 g/mol. The number of ketones is 1. The lowest BCUT2D eigenvalue weighted by Crippen LogP contribution is -2.70. The predicted octanol–water partition coefficient (Wildman–Crippen LogP) is 1.37. The molecule has 0 saturated heterocycles. The van der Waals surface area contributed by atoms with Gasteiger partial charge >= 0.3 is 0 Å². The van der Waals surface area contributed by atoms with Gasteiger partial charge in [-0.2, -0.15) is 0 Å². The monoisotopic (exact) mass is 192 g/mol. The first kappa shape index (κ1) is 7.86. The number of Topliss-reactive ketones (excluding diaryl/α,β-unsaturated/α-hetero) is 1. The van der Waals surface area contributed by atoms with Gasteiger partial charge in [-0.25, -0.2) is 0 Å². The Balaban J connectivity index is 1.83. The van der Waals surface area contributed by atoms with Gasteiger partial charge in [-0.3, -0.25) is 4.79 Å². The average molecular weight is 192 g/mol. The molecule has 4 saturated carbocycles. The van der Waals surface area contributed by atoms with Crippen LogP contribution in [-0.4, -0.2) is 17.5 Å². The maximum absolute atomic E-state index is 12.1. The van der Waals surface area contributed by atoms with Crippen molar-refractivity contribution in [2.45, 2.75) is 32.1 Å². The van der Waals surface area contributed by atoms with E-state index < -0.39 is 0 Å². The number of carbonyl (C=O) groups excluding carboxylic acids is 1. The summed E-state index contributed by atoms with van der Waals surface area (Å²) >= 11 is 0. The Morgan fingerprint density at radius 1 is 1.36 bits per heavy atom. The van der Waals surface area contributed by atoms with E-state index >= 15 is 0 Å². The largest absolute Gasteiger partial charge is 0.396 e. The molecule has 0 heterocycles. The quantitative estimate of drug-likeness (QED) is 0.681. The van der Waals surface area contributed by atoms with Crippen molar-refractivity contribution in [3.05, 3.63) is 0 Å². The molecule has 5 atom stereocenters. The molecule has 2 nitrogen and oxygen atoms in total. The topological polar surface area (TPSA) is 37.3 Å². The van der Waals surface area contributed by atoms with E-state index in [1.165, 1.54) is 6.42 Å². The summed E-state index contributed by atoms with van der Waals surface area (Å²) in [4.78, 5) is 12.1. The number of carbonyl (C=O) groups is 1. The van der Waals surface area contributed by atoms with E-state index in [4.69, 9.17) is 0 Å². The Morgan fingerprint density at radius 3 is 2.93 bits per heavy atom. The minimum absolute atomic E-state index is 0.0779. The van der Waals surface area contributed by atoms with Gasteiger partial charge < -0.3 is 5.11 Å². The van der Waals surface area contributed by atoms with Gasteiger partial charge in [0.25, 0.3) is 0 Å². The highest BCUT2D eigenvalue weighted by molar-refractivity contribution is 5.92. The summed E-state index contributed by atoms with van der Waals surface area (Å²) in [6.07, 6.45) is 5.63. The van der Waals surface area contributed by atoms with E-state index in [0.29, 0.717) is 24.2 Å². The molecule has 4 aliphatic carbocycles. The summed E-state index contributed by atoms with van der Waals surface area (Å²) in [6, 6.07) is 0. The fourth-order valence-corrected chi connectivity index (χ4v) is 5.50. The Morgan fingerprint density at radius 2 is 2.21 bits per heavy atom. The van der Waals surface area contributed by atoms with Crippen molar-refractivity contribution in [2.75, 3.05) is 6.61 Å². The molecule has 0 aromatic rings. The van der Waals surface area contributed by atoms with Crippen LogP contribution in [0.2, 0.25) is 0 Å². The Hall–Kier alpha value is -0.370. The SMILES string of the molecule is O=C1C2CCC13CC1CC(CO)(C2)C13. The number of fused-ring (bicyclic) bond motifs is 1. The van der Waals surface area contributed by atoms with Crippen molar-refractivity contribution >= 4 is 5.78 Å². The van der Waals surface area contributed by atoms with Crippen molar-refractivity contribution < 1.29 is 9.90 Å². The molecule has 1 N–H and O–H groups in total. The molecule has 2 heteroatoms. The lowest BCUT2D eigenvalue weighted by Gasteiger charge is -2.72. The van der Waals surface area contributed by atoms with Crippen LogP contribution < -0.4 is 0 Å². The normalized spacial score (nSPS) is 62.9. The van der Waals surface area contributed by atoms with E-state index in [-0.39, 0.29) is 10.8 Å². The van der Waals surface area contributed by atoms with E-state index in [1.807, 2.05) is 0 Å². The van der Waals surface area contributed by atoms with Crippen LogP contribution >= 0.6 is 0 Å². The van der Waals surface area contributed by atoms with Crippen molar-refractivity contribution in [3.8, 4) is 0 Å². The minimum Gasteiger partial charge on any atom is -0.396 e. The summed E-state index contributed by atoms with van der Waals surface area (Å²) in [5.74, 6) is 2.28. The zero-order chi connectivity index (χ0) is 9.55. The first-order valence-corrected chi connectivity index (χ1v) is 5.87. The molecular formula is C12H16O2. The lowest BCUT2D eigenvalue weighted by atomic mass is 9.31. The molecule has 0 radical (unpaired) electrons. The molecule has 1 spiro atoms. The highest BCUT2D eigenvalue weighted by Gasteiger charge is 2.77. The van der Waals surface area contributed by atoms with Gasteiger partial charge in [-0.1, -0.05) is 0 Å². The molecule has 0 aromatic heterocycles. The molecule has 5 unspecified atom stereocenters. The van der Waals surface area contributed by atoms with Gasteiger partial charge in [0.2, 0.25) is 0 Å². The zero-order valence-corrected chi connectivity index (χ0v) is 8.33. The van der Waals surface area contributed by atoms with Crippen LogP contribution in [0.15, 0.2) is 0 Å². The summed E-state index contributed by atoms with van der Waals surface area (Å²) in [7, 11) is 0. The van der Waals surface area contributed by atoms with Crippen molar-refractivity contribution in [2.24, 2.45) is 28.6 Å². The van der Waals surface area contributed by atoms with Crippen LogP contribution in [0.3, 0.4) is 0 Å². The van der Waals surface area contributed by atoms with E-state index in [9.17, 15) is 9.90 Å². The summed E-state index contributed by atoms with van der Waals surface area (Å²) in [6.45, 7) is 0.333. The highest BCUT2D eigenvalue weighted by atomic mass is 16.3. The van der Waals surface area contributed by atoms with Crippen molar-refractivity contribution in [1.82, 2.24) is 0 Å². The molecule has 0 aliphatic heterocycles. The van der Waals surface area contributed by atoms with E-state index in [0.717, 1.165) is 31.6 Å². The molecule has 76 valence electrons. The Kier molecular flexibility index (Phi) is 1.09. The van der Waals surface area contributed by atoms with E-state index in [1.54, 1.807) is 0 Å². The first-order chi connectivity index (χ1) is 6.72. The van der Waals surface area contributed by atoms with Gasteiger partial charge in [0.05, 0.1) is 0 Å². The third-order valence-electron chi connectivity index (χ3n) is 5.79. The van der Waals surface area contributed by atoms with Crippen LogP contribution in [0.25, 0.3) is 0 Å². The smallest absolute Gasteiger partial charge is 0.142 e. The van der Waals surface area contributed by atoms with E-state index in [2.05, 4.69) is 0 Å². The fraction of sp³-hybridized carbons (Fsp3) is 0.917. The lowest BCUT2D eigenvalue weighted by molar-refractivity contribution is -0.245. The number of hydrogen-bond donors (Lipinski definition) is 1. The molecule has 14 heavy (non-hydrogen) atoms. The molecule has 2 bridgehead atoms. The first-order valence-electron chi connectivity index (χ1n) is 5.87. The standard InChI is InChI=1S/C12H16O2/c13-6-11-3-7-1-2-12(10(7)14)5-8(4-11)9(11)12/h7-9,13H,1-6H2. The highest BCUT2D eigenvalue weighted by Crippen LogP contribution is 2.79. The number of rotatable bonds is 1. The molecule has 0 aromatic carbocycles. The summed E-state index contributed by atoms with van der Waals surface area (Å²) in [5.41, 5.74) is 0.270. The Bertz CT molecular complexity index is 333. The van der Waals surface area contributed by atoms with Gasteiger partial charge in [-0.05, 0) is 49.4 Å². The number of aliphatic hydroxyl groups is 1. The maximum atomic E-state index is 12.1.